The van der Waals surface area contributed by atoms with Crippen molar-refractivity contribution in [2.24, 2.45) is 0 Å². The van der Waals surface area contributed by atoms with E-state index in [-0.39, 0.29) is 17.8 Å². The zero-order chi connectivity index (χ0) is 23.9. The standard InChI is InChI=1S/C24H22F2N6O2/c1-15-13-31(14-27-15)20-6-4-19(28-22(20)34-2)5-7-21-29-23-24(33,8-3-9-32(23)30-21)16-10-17(25)12-18(26)11-16/h4-7,10-14,33H,3,8-9H2,1-2H3/t24-/m1/s1. The summed E-state index contributed by atoms with van der Waals surface area (Å²) in [6.07, 6.45) is 7.83. The minimum Gasteiger partial charge on any atom is -0.479 e. The maximum absolute atomic E-state index is 13.8. The fourth-order valence-corrected chi connectivity index (χ4v) is 4.15. The Morgan fingerprint density at radius 3 is 2.62 bits per heavy atom. The second-order valence-corrected chi connectivity index (χ2v) is 8.16. The second-order valence-electron chi connectivity index (χ2n) is 8.16. The highest BCUT2D eigenvalue weighted by Crippen LogP contribution is 2.37. The molecule has 3 aromatic heterocycles. The summed E-state index contributed by atoms with van der Waals surface area (Å²) in [4.78, 5) is 13.2. The molecule has 5 rings (SSSR count). The van der Waals surface area contributed by atoms with Gasteiger partial charge in [-0.1, -0.05) is 0 Å². The van der Waals surface area contributed by atoms with Gasteiger partial charge >= 0.3 is 0 Å². The average molecular weight is 464 g/mol. The van der Waals surface area contributed by atoms with E-state index in [1.807, 2.05) is 29.8 Å². The van der Waals surface area contributed by atoms with Crippen molar-refractivity contribution < 1.29 is 18.6 Å². The van der Waals surface area contributed by atoms with Crippen LogP contribution >= 0.6 is 0 Å². The van der Waals surface area contributed by atoms with E-state index in [0.29, 0.717) is 30.4 Å². The van der Waals surface area contributed by atoms with E-state index in [9.17, 15) is 13.9 Å². The van der Waals surface area contributed by atoms with Gasteiger partial charge in [0.05, 0.1) is 24.8 Å². The summed E-state index contributed by atoms with van der Waals surface area (Å²) in [6.45, 7) is 2.44. The van der Waals surface area contributed by atoms with Gasteiger partial charge in [0.25, 0.3) is 0 Å². The molecular formula is C24H22F2N6O2. The molecule has 0 aliphatic carbocycles. The van der Waals surface area contributed by atoms with Gasteiger partial charge in [-0.25, -0.2) is 28.4 Å². The number of nitrogens with zero attached hydrogens (tertiary/aromatic N) is 6. The van der Waals surface area contributed by atoms with Crippen molar-refractivity contribution in [3.63, 3.8) is 0 Å². The number of aryl methyl sites for hydroxylation is 2. The number of rotatable bonds is 5. The highest BCUT2D eigenvalue weighted by molar-refractivity contribution is 5.65. The Hall–Kier alpha value is -3.92. The molecule has 0 bridgehead atoms. The summed E-state index contributed by atoms with van der Waals surface area (Å²) in [6, 6.07) is 6.72. The van der Waals surface area contributed by atoms with Gasteiger partial charge in [-0.2, -0.15) is 5.10 Å². The van der Waals surface area contributed by atoms with Gasteiger partial charge in [0.1, 0.15) is 22.9 Å². The highest BCUT2D eigenvalue weighted by Gasteiger charge is 2.40. The Kier molecular flexibility index (Phi) is 5.45. The number of aliphatic hydroxyl groups is 1. The van der Waals surface area contributed by atoms with Crippen molar-refractivity contribution in [2.75, 3.05) is 7.11 Å². The Morgan fingerprint density at radius 1 is 1.12 bits per heavy atom. The van der Waals surface area contributed by atoms with E-state index in [0.717, 1.165) is 29.6 Å². The number of pyridine rings is 1. The third-order valence-corrected chi connectivity index (χ3v) is 5.75. The van der Waals surface area contributed by atoms with Gasteiger partial charge in [0.2, 0.25) is 5.88 Å². The molecule has 0 saturated carbocycles. The van der Waals surface area contributed by atoms with E-state index in [1.54, 1.807) is 30.3 Å². The van der Waals surface area contributed by atoms with Gasteiger partial charge in [0, 0.05) is 18.8 Å². The van der Waals surface area contributed by atoms with Crippen LogP contribution in [0.2, 0.25) is 0 Å². The lowest BCUT2D eigenvalue weighted by Crippen LogP contribution is -2.35. The largest absolute Gasteiger partial charge is 0.479 e. The number of imidazole rings is 1. The Morgan fingerprint density at radius 2 is 1.91 bits per heavy atom. The van der Waals surface area contributed by atoms with Crippen LogP contribution in [-0.2, 0) is 12.1 Å². The predicted molar refractivity (Wildman–Crippen MR) is 120 cm³/mol. The molecule has 10 heteroatoms. The molecule has 4 heterocycles. The van der Waals surface area contributed by atoms with Gasteiger partial charge in [-0.15, -0.1) is 0 Å². The van der Waals surface area contributed by atoms with Crippen molar-refractivity contribution in [2.45, 2.75) is 31.9 Å². The molecular weight excluding hydrogens is 442 g/mol. The predicted octanol–water partition coefficient (Wildman–Crippen LogP) is 3.65. The molecule has 1 aliphatic rings. The van der Waals surface area contributed by atoms with Crippen LogP contribution in [0.15, 0.2) is 42.9 Å². The lowest BCUT2D eigenvalue weighted by Gasteiger charge is -2.31. The molecule has 0 saturated heterocycles. The smallest absolute Gasteiger partial charge is 0.238 e. The van der Waals surface area contributed by atoms with Crippen LogP contribution in [0.4, 0.5) is 8.78 Å². The van der Waals surface area contributed by atoms with Crippen molar-refractivity contribution in [1.29, 1.82) is 0 Å². The first-order valence-corrected chi connectivity index (χ1v) is 10.7. The summed E-state index contributed by atoms with van der Waals surface area (Å²) in [5.74, 6) is -0.481. The number of fused-ring (bicyclic) bond motifs is 1. The van der Waals surface area contributed by atoms with Crippen molar-refractivity contribution >= 4 is 12.2 Å². The average Bonchev–Trinajstić information content (AvgIpc) is 3.44. The first-order valence-electron chi connectivity index (χ1n) is 10.7. The van der Waals surface area contributed by atoms with E-state index < -0.39 is 17.2 Å². The van der Waals surface area contributed by atoms with Gasteiger partial charge < -0.3 is 14.4 Å². The van der Waals surface area contributed by atoms with E-state index >= 15 is 0 Å². The lowest BCUT2D eigenvalue weighted by molar-refractivity contribution is 0.0389. The summed E-state index contributed by atoms with van der Waals surface area (Å²) in [7, 11) is 1.55. The molecule has 1 N–H and O–H groups in total. The fourth-order valence-electron chi connectivity index (χ4n) is 4.15. The van der Waals surface area contributed by atoms with E-state index in [2.05, 4.69) is 20.1 Å². The van der Waals surface area contributed by atoms with Crippen molar-refractivity contribution in [1.82, 2.24) is 29.3 Å². The second kappa shape index (κ2) is 8.45. The number of hydrogen-bond acceptors (Lipinski definition) is 6. The van der Waals surface area contributed by atoms with Crippen molar-refractivity contribution in [3.8, 4) is 11.6 Å². The summed E-state index contributed by atoms with van der Waals surface area (Å²) in [5, 5.41) is 15.8. The van der Waals surface area contributed by atoms with Crippen LogP contribution in [0.25, 0.3) is 17.8 Å². The van der Waals surface area contributed by atoms with Gasteiger partial charge in [-0.05, 0) is 61.7 Å². The maximum Gasteiger partial charge on any atom is 0.238 e. The molecule has 4 aromatic rings. The third kappa shape index (κ3) is 3.96. The van der Waals surface area contributed by atoms with Gasteiger partial charge in [0.15, 0.2) is 11.6 Å². The molecule has 1 atom stereocenters. The van der Waals surface area contributed by atoms with Crippen LogP contribution in [0.5, 0.6) is 5.88 Å². The molecule has 0 amide bonds. The Balaban J connectivity index is 1.45. The minimum absolute atomic E-state index is 0.116. The number of benzene rings is 1. The molecule has 8 nitrogen and oxygen atoms in total. The molecule has 34 heavy (non-hydrogen) atoms. The molecule has 1 aliphatic heterocycles. The maximum atomic E-state index is 13.8. The van der Waals surface area contributed by atoms with Crippen LogP contribution in [0.1, 0.15) is 41.4 Å². The van der Waals surface area contributed by atoms with E-state index in [4.69, 9.17) is 4.74 Å². The SMILES string of the molecule is COc1nc(C=Cc2nc3n(n2)CCC[C@@]3(O)c2cc(F)cc(F)c2)ccc1-n1cnc(C)c1. The summed E-state index contributed by atoms with van der Waals surface area (Å²) >= 11 is 0. The topological polar surface area (TPSA) is 90.9 Å². The highest BCUT2D eigenvalue weighted by atomic mass is 19.1. The number of methoxy groups -OCH3 is 1. The van der Waals surface area contributed by atoms with Crippen LogP contribution < -0.4 is 4.74 Å². The summed E-state index contributed by atoms with van der Waals surface area (Å²) in [5.41, 5.74) is 0.732. The minimum atomic E-state index is -1.63. The molecule has 1 aromatic carbocycles. The Bertz CT molecular complexity index is 1380. The zero-order valence-corrected chi connectivity index (χ0v) is 18.6. The quantitative estimate of drug-likeness (QED) is 0.485. The normalized spacial score (nSPS) is 17.8. The molecule has 0 radical (unpaired) electrons. The number of halogens is 2. The van der Waals surface area contributed by atoms with Crippen molar-refractivity contribution in [3.05, 3.63) is 83.1 Å². The summed E-state index contributed by atoms with van der Waals surface area (Å²) < 4.78 is 36.5. The fraction of sp³-hybridized carbons (Fsp3) is 0.250. The molecule has 0 fully saturated rings. The van der Waals surface area contributed by atoms with Crippen LogP contribution in [0, 0.1) is 18.6 Å². The first kappa shape index (κ1) is 21.9. The van der Waals surface area contributed by atoms with Gasteiger partial charge in [-0.3, -0.25) is 0 Å². The van der Waals surface area contributed by atoms with Crippen LogP contribution in [0.3, 0.4) is 0 Å². The van der Waals surface area contributed by atoms with Crippen LogP contribution in [-0.4, -0.2) is 41.5 Å². The van der Waals surface area contributed by atoms with E-state index in [1.165, 1.54) is 0 Å². The number of ether oxygens (including phenoxy) is 1. The first-order chi connectivity index (χ1) is 16.4. The molecule has 174 valence electrons. The third-order valence-electron chi connectivity index (χ3n) is 5.75. The zero-order valence-electron chi connectivity index (χ0n) is 18.6. The number of aromatic nitrogens is 6. The Labute approximate surface area is 194 Å². The monoisotopic (exact) mass is 464 g/mol. The molecule has 0 unspecified atom stereocenters. The number of hydrogen-bond donors (Lipinski definition) is 1. The lowest BCUT2D eigenvalue weighted by atomic mass is 9.86. The molecule has 0 spiro atoms.